The highest BCUT2D eigenvalue weighted by Crippen LogP contribution is 2.19. The van der Waals surface area contributed by atoms with Crippen LogP contribution in [0.5, 0.6) is 0 Å². The molecule has 0 aromatic carbocycles. The predicted molar refractivity (Wildman–Crippen MR) is 77.8 cm³/mol. The number of methoxy groups -OCH3 is 1. The molecule has 0 N–H and O–H groups in total. The second-order valence-electron chi connectivity index (χ2n) is 4.36. The number of pyridine rings is 1. The molecule has 0 amide bonds. The molecule has 6 heteroatoms. The van der Waals surface area contributed by atoms with Crippen LogP contribution in [0.2, 0.25) is 5.02 Å². The van der Waals surface area contributed by atoms with E-state index in [1.807, 2.05) is 6.07 Å². The molecule has 0 atom stereocenters. The zero-order valence-electron chi connectivity index (χ0n) is 10.9. The molecular weight excluding hydrogens is 285 g/mol. The van der Waals surface area contributed by atoms with E-state index in [-0.39, 0.29) is 0 Å². The highest BCUT2D eigenvalue weighted by Gasteiger charge is 2.11. The smallest absolute Gasteiger partial charge is 0.160 e. The van der Waals surface area contributed by atoms with Gasteiger partial charge in [-0.05, 0) is 25.3 Å². The van der Waals surface area contributed by atoms with E-state index in [4.69, 9.17) is 27.9 Å². The Hall–Kier alpha value is -0.840. The quantitative estimate of drug-likeness (QED) is 0.579. The van der Waals surface area contributed by atoms with Gasteiger partial charge in [0.25, 0.3) is 0 Å². The van der Waals surface area contributed by atoms with Gasteiger partial charge in [0.05, 0.1) is 10.9 Å². The second kappa shape index (κ2) is 7.08. The Morgan fingerprint density at radius 1 is 1.32 bits per heavy atom. The van der Waals surface area contributed by atoms with Crippen molar-refractivity contribution in [3.05, 3.63) is 23.1 Å². The number of unbranched alkanes of at least 4 members (excludes halogenated alkanes) is 2. The Morgan fingerprint density at radius 3 is 2.89 bits per heavy atom. The number of fused-ring (bicyclic) bond motifs is 1. The number of hydrogen-bond acceptors (Lipinski definition) is 3. The van der Waals surface area contributed by atoms with Crippen LogP contribution in [-0.2, 0) is 17.2 Å². The van der Waals surface area contributed by atoms with Gasteiger partial charge in [-0.1, -0.05) is 11.6 Å². The third-order valence-electron chi connectivity index (χ3n) is 2.98. The number of rotatable bonds is 7. The van der Waals surface area contributed by atoms with E-state index in [9.17, 15) is 0 Å². The fourth-order valence-corrected chi connectivity index (χ4v) is 2.42. The van der Waals surface area contributed by atoms with E-state index in [0.717, 1.165) is 49.4 Å². The molecule has 2 heterocycles. The summed E-state index contributed by atoms with van der Waals surface area (Å²) in [5.41, 5.74) is 1.66. The van der Waals surface area contributed by atoms with Crippen molar-refractivity contribution in [1.82, 2.24) is 14.5 Å². The fraction of sp³-hybridized carbons (Fsp3) is 0.538. The Labute approximate surface area is 122 Å². The molecule has 0 aliphatic rings. The maximum Gasteiger partial charge on any atom is 0.160 e. The second-order valence-corrected chi connectivity index (χ2v) is 5.07. The Balaban J connectivity index is 2.11. The number of halogens is 2. The summed E-state index contributed by atoms with van der Waals surface area (Å²) in [6.45, 7) is 1.68. The molecule has 4 nitrogen and oxygen atoms in total. The number of ether oxygens (including phenoxy) is 1. The van der Waals surface area contributed by atoms with Gasteiger partial charge < -0.3 is 9.30 Å². The lowest BCUT2D eigenvalue weighted by Crippen LogP contribution is -2.04. The molecule has 2 rings (SSSR count). The molecule has 19 heavy (non-hydrogen) atoms. The number of alkyl halides is 1. The van der Waals surface area contributed by atoms with E-state index in [1.165, 1.54) is 0 Å². The number of imidazole rings is 1. The zero-order chi connectivity index (χ0) is 13.7. The first-order chi connectivity index (χ1) is 9.26. The minimum Gasteiger partial charge on any atom is -0.385 e. The summed E-state index contributed by atoms with van der Waals surface area (Å²) in [6.07, 6.45) is 4.88. The lowest BCUT2D eigenvalue weighted by Gasteiger charge is -2.06. The van der Waals surface area contributed by atoms with Crippen LogP contribution in [0.3, 0.4) is 0 Å². The van der Waals surface area contributed by atoms with Crippen molar-refractivity contribution in [3.8, 4) is 0 Å². The lowest BCUT2D eigenvalue weighted by molar-refractivity contribution is 0.191. The minimum absolute atomic E-state index is 0.381. The van der Waals surface area contributed by atoms with Crippen LogP contribution in [0.15, 0.2) is 12.3 Å². The summed E-state index contributed by atoms with van der Waals surface area (Å²) in [5.74, 6) is 1.23. The molecule has 2 aromatic heterocycles. The van der Waals surface area contributed by atoms with Crippen LogP contribution < -0.4 is 0 Å². The molecule has 0 saturated heterocycles. The number of aromatic nitrogens is 3. The van der Waals surface area contributed by atoms with Crippen LogP contribution in [-0.4, -0.2) is 28.3 Å². The third-order valence-corrected chi connectivity index (χ3v) is 3.43. The molecule has 0 radical (unpaired) electrons. The van der Waals surface area contributed by atoms with E-state index in [1.54, 1.807) is 13.3 Å². The van der Waals surface area contributed by atoms with Crippen LogP contribution in [0, 0.1) is 0 Å². The zero-order valence-corrected chi connectivity index (χ0v) is 12.4. The summed E-state index contributed by atoms with van der Waals surface area (Å²) < 4.78 is 7.12. The van der Waals surface area contributed by atoms with Gasteiger partial charge in [-0.15, -0.1) is 11.6 Å². The van der Waals surface area contributed by atoms with Gasteiger partial charge in [0, 0.05) is 26.5 Å². The van der Waals surface area contributed by atoms with Crippen LogP contribution in [0.4, 0.5) is 0 Å². The third kappa shape index (κ3) is 3.59. The average molecular weight is 302 g/mol. The first-order valence-electron chi connectivity index (χ1n) is 6.32. The van der Waals surface area contributed by atoms with E-state index >= 15 is 0 Å². The molecular formula is C13H17Cl2N3O. The highest BCUT2D eigenvalue weighted by molar-refractivity contribution is 6.31. The van der Waals surface area contributed by atoms with Crippen LogP contribution in [0.25, 0.3) is 11.2 Å². The van der Waals surface area contributed by atoms with Crippen molar-refractivity contribution < 1.29 is 4.74 Å². The average Bonchev–Trinajstić information content (AvgIpc) is 2.75. The van der Waals surface area contributed by atoms with E-state index in [0.29, 0.717) is 10.9 Å². The van der Waals surface area contributed by atoms with Gasteiger partial charge in [-0.2, -0.15) is 0 Å². The molecule has 0 unspecified atom stereocenters. The summed E-state index contributed by atoms with van der Waals surface area (Å²) in [4.78, 5) is 8.82. The lowest BCUT2D eigenvalue weighted by atomic mass is 10.2. The van der Waals surface area contributed by atoms with Crippen LogP contribution in [0.1, 0.15) is 25.1 Å². The van der Waals surface area contributed by atoms with Crippen molar-refractivity contribution in [3.63, 3.8) is 0 Å². The number of aryl methyl sites for hydroxylation is 1. The number of hydrogen-bond donors (Lipinski definition) is 0. The summed E-state index contributed by atoms with van der Waals surface area (Å²) in [6, 6.07) is 1.82. The standard InChI is InChI=1S/C13H17Cl2N3O/c1-19-6-4-2-3-5-18-12(8-14)17-11-7-10(15)9-16-13(11)18/h7,9H,2-6,8H2,1H3. The summed E-state index contributed by atoms with van der Waals surface area (Å²) >= 11 is 11.9. The Bertz CT molecular complexity index is 542. The molecule has 0 aliphatic heterocycles. The first kappa shape index (κ1) is 14.6. The van der Waals surface area contributed by atoms with Gasteiger partial charge in [0.15, 0.2) is 5.65 Å². The van der Waals surface area contributed by atoms with Crippen molar-refractivity contribution in [2.24, 2.45) is 0 Å². The molecule has 0 aliphatic carbocycles. The Morgan fingerprint density at radius 2 is 2.16 bits per heavy atom. The Kier molecular flexibility index (Phi) is 5.43. The highest BCUT2D eigenvalue weighted by atomic mass is 35.5. The predicted octanol–water partition coefficient (Wildman–Crippen LogP) is 3.64. The van der Waals surface area contributed by atoms with Crippen LogP contribution >= 0.6 is 23.2 Å². The first-order valence-corrected chi connectivity index (χ1v) is 7.23. The maximum absolute atomic E-state index is 5.94. The minimum atomic E-state index is 0.381. The van der Waals surface area contributed by atoms with Gasteiger partial charge in [-0.25, -0.2) is 9.97 Å². The molecule has 0 saturated carbocycles. The van der Waals surface area contributed by atoms with Crippen molar-refractivity contribution in [2.75, 3.05) is 13.7 Å². The molecule has 0 bridgehead atoms. The van der Waals surface area contributed by atoms with Gasteiger partial charge in [-0.3, -0.25) is 0 Å². The summed E-state index contributed by atoms with van der Waals surface area (Å²) in [5, 5.41) is 0.596. The van der Waals surface area contributed by atoms with Crippen molar-refractivity contribution in [1.29, 1.82) is 0 Å². The van der Waals surface area contributed by atoms with E-state index < -0.39 is 0 Å². The van der Waals surface area contributed by atoms with Crippen molar-refractivity contribution in [2.45, 2.75) is 31.7 Å². The SMILES string of the molecule is COCCCCCn1c(CCl)nc2cc(Cl)cnc21. The molecule has 104 valence electrons. The maximum atomic E-state index is 5.94. The van der Waals surface area contributed by atoms with Gasteiger partial charge in [0.1, 0.15) is 11.3 Å². The van der Waals surface area contributed by atoms with Crippen molar-refractivity contribution >= 4 is 34.4 Å². The molecule has 2 aromatic rings. The largest absolute Gasteiger partial charge is 0.385 e. The number of nitrogens with zero attached hydrogens (tertiary/aromatic N) is 3. The fourth-order valence-electron chi connectivity index (χ4n) is 2.06. The van der Waals surface area contributed by atoms with Gasteiger partial charge in [0.2, 0.25) is 0 Å². The van der Waals surface area contributed by atoms with E-state index in [2.05, 4.69) is 14.5 Å². The molecule has 0 spiro atoms. The molecule has 0 fully saturated rings. The summed E-state index contributed by atoms with van der Waals surface area (Å²) in [7, 11) is 1.72. The topological polar surface area (TPSA) is 39.9 Å². The van der Waals surface area contributed by atoms with Gasteiger partial charge >= 0.3 is 0 Å². The monoisotopic (exact) mass is 301 g/mol. The normalized spacial score (nSPS) is 11.3.